The lowest BCUT2D eigenvalue weighted by Crippen LogP contribution is -2.67. The van der Waals surface area contributed by atoms with Gasteiger partial charge in [-0.15, -0.1) is 0 Å². The summed E-state index contributed by atoms with van der Waals surface area (Å²) in [6, 6.07) is 0. The largest absolute Gasteiger partial charge is 0.479 e. The average molecular weight is 241 g/mol. The van der Waals surface area contributed by atoms with Crippen LogP contribution >= 0.6 is 0 Å². The van der Waals surface area contributed by atoms with Crippen molar-refractivity contribution in [2.75, 3.05) is 0 Å². The van der Waals surface area contributed by atoms with Gasteiger partial charge in [-0.25, -0.2) is 9.59 Å². The van der Waals surface area contributed by atoms with Gasteiger partial charge in [0.05, 0.1) is 0 Å². The molecule has 0 spiro atoms. The maximum Gasteiger partial charge on any atom is 0.408 e. The lowest BCUT2D eigenvalue weighted by atomic mass is 9.60. The minimum Gasteiger partial charge on any atom is -0.479 e. The number of carbonyl (C=O) groups is 2. The molecule has 17 heavy (non-hydrogen) atoms. The SMILES string of the molecule is CC1CC(NC(=O)OC2(C)CC2)(C(=O)O)C1C. The van der Waals surface area contributed by atoms with Gasteiger partial charge >= 0.3 is 12.1 Å². The van der Waals surface area contributed by atoms with Gasteiger partial charge in [-0.2, -0.15) is 0 Å². The minimum absolute atomic E-state index is 0.0699. The van der Waals surface area contributed by atoms with Crippen LogP contribution in [-0.2, 0) is 9.53 Å². The van der Waals surface area contributed by atoms with Crippen molar-refractivity contribution in [1.82, 2.24) is 5.32 Å². The van der Waals surface area contributed by atoms with Gasteiger partial charge in [0.1, 0.15) is 11.1 Å². The highest BCUT2D eigenvalue weighted by Crippen LogP contribution is 2.44. The number of rotatable bonds is 3. The van der Waals surface area contributed by atoms with Crippen molar-refractivity contribution in [3.8, 4) is 0 Å². The number of hydrogen-bond donors (Lipinski definition) is 2. The van der Waals surface area contributed by atoms with Crippen LogP contribution in [0.15, 0.2) is 0 Å². The molecule has 96 valence electrons. The molecule has 3 unspecified atom stereocenters. The highest BCUT2D eigenvalue weighted by molar-refractivity contribution is 5.86. The molecule has 0 aliphatic heterocycles. The molecule has 1 amide bonds. The molecule has 0 radical (unpaired) electrons. The standard InChI is InChI=1S/C12H19NO4/c1-7-6-12(8(7)2,9(14)15)13-10(16)17-11(3)4-5-11/h7-8H,4-6H2,1-3H3,(H,13,16)(H,14,15). The predicted octanol–water partition coefficient (Wildman–Crippen LogP) is 1.76. The van der Waals surface area contributed by atoms with Gasteiger partial charge in [0.2, 0.25) is 0 Å². The van der Waals surface area contributed by atoms with Gasteiger partial charge in [-0.3, -0.25) is 0 Å². The van der Waals surface area contributed by atoms with Crippen molar-refractivity contribution in [1.29, 1.82) is 0 Å². The van der Waals surface area contributed by atoms with Crippen LogP contribution in [0.4, 0.5) is 4.79 Å². The van der Waals surface area contributed by atoms with Crippen molar-refractivity contribution in [2.24, 2.45) is 11.8 Å². The van der Waals surface area contributed by atoms with Gasteiger partial charge in [-0.1, -0.05) is 13.8 Å². The van der Waals surface area contributed by atoms with E-state index in [-0.39, 0.29) is 11.5 Å². The number of ether oxygens (including phenoxy) is 1. The van der Waals surface area contributed by atoms with Gasteiger partial charge in [0, 0.05) is 0 Å². The molecule has 2 N–H and O–H groups in total. The molecule has 3 atom stereocenters. The molecule has 0 heterocycles. The second kappa shape index (κ2) is 3.62. The van der Waals surface area contributed by atoms with Crippen LogP contribution in [0.5, 0.6) is 0 Å². The van der Waals surface area contributed by atoms with E-state index in [0.717, 1.165) is 12.8 Å². The number of carboxylic acids is 1. The zero-order chi connectivity index (χ0) is 12.8. The van der Waals surface area contributed by atoms with Crippen molar-refractivity contribution < 1.29 is 19.4 Å². The molecule has 0 bridgehead atoms. The van der Waals surface area contributed by atoms with E-state index in [1.54, 1.807) is 0 Å². The van der Waals surface area contributed by atoms with Crippen LogP contribution in [0.25, 0.3) is 0 Å². The Labute approximate surface area is 101 Å². The summed E-state index contributed by atoms with van der Waals surface area (Å²) in [7, 11) is 0. The minimum atomic E-state index is -1.14. The lowest BCUT2D eigenvalue weighted by Gasteiger charge is -2.49. The first-order valence-electron chi connectivity index (χ1n) is 6.04. The second-order valence-electron chi connectivity index (χ2n) is 5.71. The molecule has 5 nitrogen and oxygen atoms in total. The van der Waals surface area contributed by atoms with E-state index in [1.165, 1.54) is 0 Å². The maximum atomic E-state index is 11.7. The number of carboxylic acid groups (broad SMARTS) is 1. The monoisotopic (exact) mass is 241 g/mol. The van der Waals surface area contributed by atoms with Gasteiger partial charge in [-0.05, 0) is 38.0 Å². The van der Waals surface area contributed by atoms with Crippen LogP contribution in [0.2, 0.25) is 0 Å². The highest BCUT2D eigenvalue weighted by Gasteiger charge is 2.57. The highest BCUT2D eigenvalue weighted by atomic mass is 16.6. The van der Waals surface area contributed by atoms with Crippen molar-refractivity contribution in [3.63, 3.8) is 0 Å². The van der Waals surface area contributed by atoms with Crippen molar-refractivity contribution in [3.05, 3.63) is 0 Å². The zero-order valence-corrected chi connectivity index (χ0v) is 10.4. The van der Waals surface area contributed by atoms with Gasteiger partial charge in [0.25, 0.3) is 0 Å². The van der Waals surface area contributed by atoms with E-state index < -0.39 is 17.6 Å². The van der Waals surface area contributed by atoms with E-state index in [9.17, 15) is 14.7 Å². The Hall–Kier alpha value is -1.26. The molecule has 2 fully saturated rings. The summed E-state index contributed by atoms with van der Waals surface area (Å²) in [6.07, 6.45) is 1.57. The average Bonchev–Trinajstić information content (AvgIpc) is 2.93. The number of amides is 1. The molecule has 0 aromatic heterocycles. The Morgan fingerprint density at radius 2 is 1.94 bits per heavy atom. The molecule has 0 aromatic rings. The predicted molar refractivity (Wildman–Crippen MR) is 60.6 cm³/mol. The Morgan fingerprint density at radius 1 is 1.35 bits per heavy atom. The molecule has 2 rings (SSSR count). The van der Waals surface area contributed by atoms with Crippen molar-refractivity contribution in [2.45, 2.75) is 51.2 Å². The summed E-state index contributed by atoms with van der Waals surface area (Å²) in [5.41, 5.74) is -1.51. The lowest BCUT2D eigenvalue weighted by molar-refractivity contribution is -0.156. The first-order chi connectivity index (χ1) is 7.79. The van der Waals surface area contributed by atoms with E-state index in [1.807, 2.05) is 20.8 Å². The summed E-state index contributed by atoms with van der Waals surface area (Å²) < 4.78 is 5.20. The molecule has 2 saturated carbocycles. The molecular weight excluding hydrogens is 222 g/mol. The smallest absolute Gasteiger partial charge is 0.408 e. The number of aliphatic carboxylic acids is 1. The van der Waals surface area contributed by atoms with Crippen molar-refractivity contribution >= 4 is 12.1 Å². The van der Waals surface area contributed by atoms with Gasteiger partial charge in [0.15, 0.2) is 0 Å². The number of alkyl carbamates (subject to hydrolysis) is 1. The Bertz CT molecular complexity index is 364. The third-order valence-corrected chi connectivity index (χ3v) is 4.27. The molecular formula is C12H19NO4. The number of nitrogens with one attached hydrogen (secondary N) is 1. The fourth-order valence-corrected chi connectivity index (χ4v) is 2.41. The zero-order valence-electron chi connectivity index (χ0n) is 10.4. The maximum absolute atomic E-state index is 11.7. The van der Waals surface area contributed by atoms with E-state index in [0.29, 0.717) is 12.3 Å². The van der Waals surface area contributed by atoms with Gasteiger partial charge < -0.3 is 15.2 Å². The first kappa shape index (κ1) is 12.2. The van der Waals surface area contributed by atoms with E-state index in [2.05, 4.69) is 5.32 Å². The van der Waals surface area contributed by atoms with Crippen LogP contribution in [0.1, 0.15) is 40.0 Å². The molecule has 2 aliphatic carbocycles. The topological polar surface area (TPSA) is 75.6 Å². The molecule has 0 aromatic carbocycles. The van der Waals surface area contributed by atoms with E-state index >= 15 is 0 Å². The molecule has 0 saturated heterocycles. The Kier molecular flexibility index (Phi) is 2.60. The summed E-state index contributed by atoms with van der Waals surface area (Å²) in [5, 5.41) is 11.8. The normalized spacial score (nSPS) is 37.8. The van der Waals surface area contributed by atoms with E-state index in [4.69, 9.17) is 4.74 Å². The van der Waals surface area contributed by atoms with Crippen LogP contribution < -0.4 is 5.32 Å². The quantitative estimate of drug-likeness (QED) is 0.789. The summed E-state index contributed by atoms with van der Waals surface area (Å²) in [4.78, 5) is 23.0. The third-order valence-electron chi connectivity index (χ3n) is 4.27. The Morgan fingerprint density at radius 3 is 2.29 bits per heavy atom. The first-order valence-corrected chi connectivity index (χ1v) is 6.04. The summed E-state index contributed by atoms with van der Waals surface area (Å²) in [6.45, 7) is 5.69. The fraction of sp³-hybridized carbons (Fsp3) is 0.833. The Balaban J connectivity index is 1.99. The number of carbonyl (C=O) groups excluding carboxylic acids is 1. The van der Waals surface area contributed by atoms with Crippen LogP contribution in [-0.4, -0.2) is 28.3 Å². The molecule has 5 heteroatoms. The summed E-state index contributed by atoms with van der Waals surface area (Å²) >= 11 is 0. The van der Waals surface area contributed by atoms with Crippen LogP contribution in [0, 0.1) is 11.8 Å². The summed E-state index contributed by atoms with van der Waals surface area (Å²) in [5.74, 6) is -0.733. The third kappa shape index (κ3) is 1.98. The second-order valence-corrected chi connectivity index (χ2v) is 5.71. The van der Waals surface area contributed by atoms with Crippen LogP contribution in [0.3, 0.4) is 0 Å². The number of hydrogen-bond acceptors (Lipinski definition) is 3. The fourth-order valence-electron chi connectivity index (χ4n) is 2.41. The molecule has 2 aliphatic rings.